The summed E-state index contributed by atoms with van der Waals surface area (Å²) in [5, 5.41) is 3.58. The van der Waals surface area contributed by atoms with Gasteiger partial charge >= 0.3 is 0 Å². The lowest BCUT2D eigenvalue weighted by Gasteiger charge is -2.03. The molecule has 3 nitrogen and oxygen atoms in total. The summed E-state index contributed by atoms with van der Waals surface area (Å²) in [5.74, 6) is 0. The van der Waals surface area contributed by atoms with Gasteiger partial charge in [0.2, 0.25) is 0 Å². The van der Waals surface area contributed by atoms with E-state index >= 15 is 0 Å². The minimum absolute atomic E-state index is 0.740. The lowest BCUT2D eigenvalue weighted by atomic mass is 10.7. The molecule has 0 saturated heterocycles. The highest BCUT2D eigenvalue weighted by molar-refractivity contribution is 5.46. The molecule has 0 radical (unpaired) electrons. The molecule has 1 N–H and O–H groups in total. The molecule has 0 bridgehead atoms. The summed E-state index contributed by atoms with van der Waals surface area (Å²) in [6, 6.07) is 0. The average Bonchev–Trinajstić information content (AvgIpc) is 2.14. The molecule has 3 heteroatoms. The Morgan fingerprint density at radius 3 is 2.00 bits per heavy atom. The Bertz CT molecular complexity index is 56.6. The normalized spacial score (nSPS) is 12.4. The van der Waals surface area contributed by atoms with Crippen LogP contribution in [0.5, 0.6) is 0 Å². The van der Waals surface area contributed by atoms with Gasteiger partial charge in [0, 0.05) is 0 Å². The third kappa shape index (κ3) is 10.3. The first-order chi connectivity index (χ1) is 5.00. The fourth-order valence-electron chi connectivity index (χ4n) is 0.296. The Hall–Kier alpha value is -0.730. The molecule has 0 aromatic heterocycles. The lowest BCUT2D eigenvalue weighted by Crippen LogP contribution is -2.18. The van der Waals surface area contributed by atoms with Crippen LogP contribution in [0, 0.1) is 0 Å². The summed E-state index contributed by atoms with van der Waals surface area (Å²) in [5.41, 5.74) is 2.73. The van der Waals surface area contributed by atoms with E-state index in [9.17, 15) is 0 Å². The Balaban J connectivity index is 0. The van der Waals surface area contributed by atoms with Crippen molar-refractivity contribution in [1.29, 1.82) is 0 Å². The molecule has 0 aromatic carbocycles. The third-order valence-corrected chi connectivity index (χ3v) is 0.550. The molecule has 0 spiro atoms. The van der Waals surface area contributed by atoms with Gasteiger partial charge in [-0.3, -0.25) is 0 Å². The first-order valence-corrected chi connectivity index (χ1v) is 3.86. The molecule has 0 unspecified atom stereocenters. The highest BCUT2D eigenvalue weighted by atomic mass is 16.5. The van der Waals surface area contributed by atoms with E-state index in [1.165, 1.54) is 6.40 Å². The maximum absolute atomic E-state index is 4.72. The predicted octanol–water partition coefficient (Wildman–Crippen LogP) is 1.60. The molecule has 1 heterocycles. The van der Waals surface area contributed by atoms with Gasteiger partial charge in [0.1, 0.15) is 6.61 Å². The Labute approximate surface area is 63.5 Å². The van der Waals surface area contributed by atoms with Crippen LogP contribution in [0.2, 0.25) is 0 Å². The summed E-state index contributed by atoms with van der Waals surface area (Å²) < 4.78 is 4.72. The molecule has 0 aromatic rings. The van der Waals surface area contributed by atoms with Crippen molar-refractivity contribution in [2.45, 2.75) is 27.7 Å². The fraction of sp³-hybridized carbons (Fsp3) is 0.857. The maximum Gasteiger partial charge on any atom is 0.192 e. The van der Waals surface area contributed by atoms with Crippen LogP contribution in [0.3, 0.4) is 0 Å². The summed E-state index contributed by atoms with van der Waals surface area (Å²) >= 11 is 0. The molecule has 0 amide bonds. The van der Waals surface area contributed by atoms with E-state index < -0.39 is 0 Å². The molecule has 0 aliphatic carbocycles. The number of nitrogens with zero attached hydrogens (tertiary/aromatic N) is 1. The van der Waals surface area contributed by atoms with Crippen molar-refractivity contribution in [1.82, 2.24) is 5.43 Å². The van der Waals surface area contributed by atoms with Crippen LogP contribution in [0.25, 0.3) is 0 Å². The van der Waals surface area contributed by atoms with Crippen molar-refractivity contribution in [3.05, 3.63) is 0 Å². The molecule has 62 valence electrons. The fourth-order valence-corrected chi connectivity index (χ4v) is 0.296. The van der Waals surface area contributed by atoms with Crippen LogP contribution < -0.4 is 5.43 Å². The Morgan fingerprint density at radius 1 is 1.30 bits per heavy atom. The first-order valence-electron chi connectivity index (χ1n) is 3.86. The number of hydrogen-bond donors (Lipinski definition) is 1. The summed E-state index contributed by atoms with van der Waals surface area (Å²) in [6.45, 7) is 9.57. The summed E-state index contributed by atoms with van der Waals surface area (Å²) in [7, 11) is 0. The molecule has 0 fully saturated rings. The number of rotatable bonds is 0. The molecular weight excluding hydrogens is 128 g/mol. The van der Waals surface area contributed by atoms with Gasteiger partial charge < -0.3 is 10.2 Å². The predicted molar refractivity (Wildman–Crippen MR) is 45.1 cm³/mol. The second-order valence-electron chi connectivity index (χ2n) is 1.01. The van der Waals surface area contributed by atoms with E-state index in [2.05, 4.69) is 10.5 Å². The van der Waals surface area contributed by atoms with Crippen LogP contribution in [-0.2, 0) is 4.74 Å². The van der Waals surface area contributed by atoms with E-state index in [1.807, 2.05) is 27.7 Å². The quantitative estimate of drug-likeness (QED) is 0.563. The van der Waals surface area contributed by atoms with Crippen molar-refractivity contribution >= 4 is 6.40 Å². The minimum Gasteiger partial charge on any atom is -0.480 e. The standard InChI is InChI=1S/C3H6N2O.2C2H6/c1-2-6-3-5-4-1;2*1-2/h3-4H,1-2H2;2*1-2H3. The molecular formula is C7H18N2O. The highest BCUT2D eigenvalue weighted by Gasteiger charge is 1.84. The zero-order valence-corrected chi connectivity index (χ0v) is 7.35. The molecule has 0 saturated carbocycles. The number of nitrogens with one attached hydrogen (secondary N) is 1. The molecule has 0 atom stereocenters. The van der Waals surface area contributed by atoms with Crippen LogP contribution in [0.4, 0.5) is 0 Å². The zero-order valence-electron chi connectivity index (χ0n) is 7.35. The molecule has 1 aliphatic rings. The number of hydrazone groups is 1. The second kappa shape index (κ2) is 15.7. The van der Waals surface area contributed by atoms with Crippen LogP contribution in [0.1, 0.15) is 27.7 Å². The Morgan fingerprint density at radius 2 is 1.90 bits per heavy atom. The first kappa shape index (κ1) is 12.0. The van der Waals surface area contributed by atoms with Crippen LogP contribution >= 0.6 is 0 Å². The highest BCUT2D eigenvalue weighted by Crippen LogP contribution is 1.72. The number of hydrogen-bond acceptors (Lipinski definition) is 3. The van der Waals surface area contributed by atoms with Gasteiger partial charge in [-0.25, -0.2) is 0 Å². The van der Waals surface area contributed by atoms with Gasteiger partial charge in [-0.15, -0.1) is 5.10 Å². The van der Waals surface area contributed by atoms with E-state index in [4.69, 9.17) is 4.74 Å². The smallest absolute Gasteiger partial charge is 0.192 e. The monoisotopic (exact) mass is 146 g/mol. The largest absolute Gasteiger partial charge is 0.480 e. The van der Waals surface area contributed by atoms with Crippen molar-refractivity contribution < 1.29 is 4.74 Å². The van der Waals surface area contributed by atoms with Crippen LogP contribution in [-0.4, -0.2) is 19.6 Å². The summed E-state index contributed by atoms with van der Waals surface area (Å²) in [4.78, 5) is 0. The van der Waals surface area contributed by atoms with Crippen molar-refractivity contribution in [3.8, 4) is 0 Å². The van der Waals surface area contributed by atoms with Crippen molar-refractivity contribution in [2.75, 3.05) is 13.2 Å². The van der Waals surface area contributed by atoms with Gasteiger partial charge in [-0.2, -0.15) is 0 Å². The van der Waals surface area contributed by atoms with E-state index in [0.29, 0.717) is 0 Å². The van der Waals surface area contributed by atoms with Crippen LogP contribution in [0.15, 0.2) is 5.10 Å². The van der Waals surface area contributed by atoms with Gasteiger partial charge in [-0.05, 0) is 0 Å². The van der Waals surface area contributed by atoms with Gasteiger partial charge in [0.25, 0.3) is 0 Å². The van der Waals surface area contributed by atoms with E-state index in [0.717, 1.165) is 13.2 Å². The van der Waals surface area contributed by atoms with Gasteiger partial charge in [0.05, 0.1) is 6.54 Å². The van der Waals surface area contributed by atoms with E-state index in [-0.39, 0.29) is 0 Å². The second-order valence-corrected chi connectivity index (χ2v) is 1.01. The van der Waals surface area contributed by atoms with Gasteiger partial charge in [0.15, 0.2) is 6.40 Å². The molecule has 1 rings (SSSR count). The lowest BCUT2D eigenvalue weighted by molar-refractivity contribution is 0.293. The average molecular weight is 146 g/mol. The minimum atomic E-state index is 0.740. The number of ether oxygens (including phenoxy) is 1. The summed E-state index contributed by atoms with van der Waals surface area (Å²) in [6.07, 6.45) is 1.41. The van der Waals surface area contributed by atoms with Gasteiger partial charge in [-0.1, -0.05) is 27.7 Å². The van der Waals surface area contributed by atoms with Crippen molar-refractivity contribution in [2.24, 2.45) is 5.10 Å². The molecule has 1 aliphatic heterocycles. The van der Waals surface area contributed by atoms with Crippen molar-refractivity contribution in [3.63, 3.8) is 0 Å². The SMILES string of the molecule is C1=NNCCO1.CC.CC. The Kier molecular flexibility index (Phi) is 18.9. The third-order valence-electron chi connectivity index (χ3n) is 0.550. The van der Waals surface area contributed by atoms with E-state index in [1.54, 1.807) is 0 Å². The maximum atomic E-state index is 4.72. The zero-order chi connectivity index (χ0) is 8.24. The molecule has 10 heavy (non-hydrogen) atoms. The topological polar surface area (TPSA) is 33.6 Å².